The zero-order valence-electron chi connectivity index (χ0n) is 8.16. The molecule has 1 fully saturated rings. The summed E-state index contributed by atoms with van der Waals surface area (Å²) >= 11 is 0. The van der Waals surface area contributed by atoms with Crippen molar-refractivity contribution in [3.63, 3.8) is 0 Å². The van der Waals surface area contributed by atoms with E-state index in [1.165, 1.54) is 0 Å². The first-order valence-electron chi connectivity index (χ1n) is 4.71. The van der Waals surface area contributed by atoms with Crippen LogP contribution in [0.15, 0.2) is 12.4 Å². The highest BCUT2D eigenvalue weighted by Gasteiger charge is 2.27. The van der Waals surface area contributed by atoms with Gasteiger partial charge in [0.05, 0.1) is 12.5 Å². The van der Waals surface area contributed by atoms with Gasteiger partial charge in [0.2, 0.25) is 5.91 Å². The Bertz CT molecular complexity index is 305. The van der Waals surface area contributed by atoms with Crippen LogP contribution in [0.2, 0.25) is 0 Å². The maximum atomic E-state index is 11.7. The van der Waals surface area contributed by atoms with Gasteiger partial charge in [-0.3, -0.25) is 4.79 Å². The van der Waals surface area contributed by atoms with Crippen molar-refractivity contribution in [3.05, 3.63) is 18.2 Å². The average Bonchev–Trinajstić information content (AvgIpc) is 2.53. The monoisotopic (exact) mass is 194 g/mol. The van der Waals surface area contributed by atoms with Crippen LogP contribution in [0.5, 0.6) is 0 Å². The lowest BCUT2D eigenvalue weighted by Gasteiger charge is -2.29. The first-order valence-corrected chi connectivity index (χ1v) is 4.71. The maximum Gasteiger partial charge on any atom is 0.228 e. The molecule has 14 heavy (non-hydrogen) atoms. The molecule has 0 saturated carbocycles. The third-order valence-electron chi connectivity index (χ3n) is 2.45. The fourth-order valence-corrected chi connectivity index (χ4v) is 1.46. The zero-order chi connectivity index (χ0) is 9.97. The Labute approximate surface area is 82.5 Å². The van der Waals surface area contributed by atoms with E-state index in [-0.39, 0.29) is 11.8 Å². The van der Waals surface area contributed by atoms with Crippen LogP contribution in [0.3, 0.4) is 0 Å². The van der Waals surface area contributed by atoms with Gasteiger partial charge in [0.25, 0.3) is 0 Å². The van der Waals surface area contributed by atoms with Crippen LogP contribution in [0, 0.1) is 5.92 Å². The lowest BCUT2D eigenvalue weighted by Crippen LogP contribution is -2.51. The summed E-state index contributed by atoms with van der Waals surface area (Å²) in [6, 6.07) is 0. The summed E-state index contributed by atoms with van der Waals surface area (Å²) in [4.78, 5) is 20.5. The van der Waals surface area contributed by atoms with Gasteiger partial charge in [0, 0.05) is 32.5 Å². The van der Waals surface area contributed by atoms with Crippen LogP contribution in [0.4, 0.5) is 0 Å². The Morgan fingerprint density at radius 2 is 2.50 bits per heavy atom. The number of hydrogen-bond acceptors (Lipinski definition) is 3. The molecule has 1 amide bonds. The molecule has 2 rings (SSSR count). The Kier molecular flexibility index (Phi) is 2.49. The molecule has 1 aromatic rings. The maximum absolute atomic E-state index is 11.7. The number of imidazole rings is 1. The number of carbonyl (C=O) groups excluding carboxylic acids is 1. The lowest BCUT2D eigenvalue weighted by molar-refractivity contribution is -0.136. The van der Waals surface area contributed by atoms with E-state index in [2.05, 4.69) is 15.3 Å². The molecule has 0 aliphatic carbocycles. The number of nitrogens with zero attached hydrogens (tertiary/aromatic N) is 2. The molecule has 0 bridgehead atoms. The van der Waals surface area contributed by atoms with Gasteiger partial charge in [0.15, 0.2) is 0 Å². The number of hydrogen-bond donors (Lipinski definition) is 2. The molecule has 2 N–H and O–H groups in total. The van der Waals surface area contributed by atoms with Crippen molar-refractivity contribution in [2.45, 2.75) is 6.54 Å². The van der Waals surface area contributed by atoms with E-state index in [0.29, 0.717) is 6.54 Å². The Balaban J connectivity index is 1.88. The number of nitrogens with one attached hydrogen (secondary N) is 2. The summed E-state index contributed by atoms with van der Waals surface area (Å²) in [6.07, 6.45) is 3.46. The van der Waals surface area contributed by atoms with E-state index in [1.807, 2.05) is 7.05 Å². The molecule has 0 radical (unpaired) electrons. The van der Waals surface area contributed by atoms with E-state index in [4.69, 9.17) is 0 Å². The van der Waals surface area contributed by atoms with E-state index in [9.17, 15) is 4.79 Å². The first-order chi connectivity index (χ1) is 6.77. The fraction of sp³-hybridized carbons (Fsp3) is 0.556. The first kappa shape index (κ1) is 9.21. The van der Waals surface area contributed by atoms with E-state index in [1.54, 1.807) is 17.3 Å². The highest BCUT2D eigenvalue weighted by molar-refractivity contribution is 5.79. The molecule has 1 aromatic heterocycles. The van der Waals surface area contributed by atoms with Gasteiger partial charge in [-0.1, -0.05) is 0 Å². The van der Waals surface area contributed by atoms with Crippen molar-refractivity contribution >= 4 is 5.91 Å². The molecule has 5 heteroatoms. The van der Waals surface area contributed by atoms with Crippen molar-refractivity contribution in [2.75, 3.05) is 20.1 Å². The summed E-state index contributed by atoms with van der Waals surface area (Å²) in [6.45, 7) is 2.17. The molecule has 0 spiro atoms. The van der Waals surface area contributed by atoms with Gasteiger partial charge < -0.3 is 15.2 Å². The van der Waals surface area contributed by atoms with Crippen LogP contribution in [0.1, 0.15) is 5.82 Å². The van der Waals surface area contributed by atoms with Gasteiger partial charge >= 0.3 is 0 Å². The van der Waals surface area contributed by atoms with Crippen molar-refractivity contribution in [1.29, 1.82) is 0 Å². The molecule has 0 aromatic carbocycles. The minimum absolute atomic E-state index is 0.162. The number of rotatable bonds is 3. The third-order valence-corrected chi connectivity index (χ3v) is 2.45. The summed E-state index contributed by atoms with van der Waals surface area (Å²) in [5.41, 5.74) is 0. The minimum Gasteiger partial charge on any atom is -0.347 e. The molecule has 1 saturated heterocycles. The number of H-pyrrole nitrogens is 1. The van der Waals surface area contributed by atoms with Crippen LogP contribution >= 0.6 is 0 Å². The Hall–Kier alpha value is -1.36. The smallest absolute Gasteiger partial charge is 0.228 e. The summed E-state index contributed by atoms with van der Waals surface area (Å²) in [7, 11) is 1.81. The third kappa shape index (κ3) is 1.77. The fourth-order valence-electron chi connectivity index (χ4n) is 1.46. The van der Waals surface area contributed by atoms with Crippen molar-refractivity contribution in [1.82, 2.24) is 20.2 Å². The SMILES string of the molecule is CN(Cc1ncc[nH]1)C(=O)C1CNC1. The van der Waals surface area contributed by atoms with Crippen molar-refractivity contribution in [2.24, 2.45) is 5.92 Å². The zero-order valence-corrected chi connectivity index (χ0v) is 8.16. The predicted octanol–water partition coefficient (Wildman–Crippen LogP) is -0.413. The van der Waals surface area contributed by atoms with E-state index in [0.717, 1.165) is 18.9 Å². The Morgan fingerprint density at radius 3 is 3.00 bits per heavy atom. The molecule has 1 aliphatic heterocycles. The largest absolute Gasteiger partial charge is 0.347 e. The summed E-state index contributed by atoms with van der Waals surface area (Å²) < 4.78 is 0. The van der Waals surface area contributed by atoms with Crippen molar-refractivity contribution in [3.8, 4) is 0 Å². The average molecular weight is 194 g/mol. The molecule has 76 valence electrons. The lowest BCUT2D eigenvalue weighted by atomic mass is 10.0. The molecule has 0 atom stereocenters. The quantitative estimate of drug-likeness (QED) is 0.687. The van der Waals surface area contributed by atoms with Gasteiger partial charge in [-0.15, -0.1) is 0 Å². The number of amides is 1. The van der Waals surface area contributed by atoms with Crippen LogP contribution < -0.4 is 5.32 Å². The molecule has 0 unspecified atom stereocenters. The minimum atomic E-state index is 0.162. The van der Waals surface area contributed by atoms with Gasteiger partial charge in [-0.2, -0.15) is 0 Å². The van der Waals surface area contributed by atoms with E-state index < -0.39 is 0 Å². The molecular formula is C9H14N4O. The van der Waals surface area contributed by atoms with E-state index >= 15 is 0 Å². The van der Waals surface area contributed by atoms with Gasteiger partial charge in [0.1, 0.15) is 5.82 Å². The molecule has 1 aliphatic rings. The highest BCUT2D eigenvalue weighted by Crippen LogP contribution is 2.08. The molecule has 5 nitrogen and oxygen atoms in total. The normalized spacial score (nSPS) is 16.4. The molecular weight excluding hydrogens is 180 g/mol. The summed E-state index contributed by atoms with van der Waals surface area (Å²) in [5, 5.41) is 3.08. The highest BCUT2D eigenvalue weighted by atomic mass is 16.2. The Morgan fingerprint density at radius 1 is 1.71 bits per heavy atom. The predicted molar refractivity (Wildman–Crippen MR) is 51.4 cm³/mol. The number of aromatic nitrogens is 2. The standard InChI is InChI=1S/C9H14N4O/c1-13(6-8-11-2-3-12-8)9(14)7-4-10-5-7/h2-3,7,10H,4-6H2,1H3,(H,11,12). The molecule has 2 heterocycles. The number of aromatic amines is 1. The van der Waals surface area contributed by atoms with Crippen LogP contribution in [0.25, 0.3) is 0 Å². The van der Waals surface area contributed by atoms with Gasteiger partial charge in [-0.05, 0) is 0 Å². The second-order valence-electron chi connectivity index (χ2n) is 3.59. The topological polar surface area (TPSA) is 61.0 Å². The van der Waals surface area contributed by atoms with Crippen LogP contribution in [-0.2, 0) is 11.3 Å². The second kappa shape index (κ2) is 3.79. The second-order valence-corrected chi connectivity index (χ2v) is 3.59. The van der Waals surface area contributed by atoms with Crippen LogP contribution in [-0.4, -0.2) is 40.9 Å². The van der Waals surface area contributed by atoms with Crippen molar-refractivity contribution < 1.29 is 4.79 Å². The summed E-state index contributed by atoms with van der Waals surface area (Å²) in [5.74, 6) is 1.18. The number of carbonyl (C=O) groups is 1. The van der Waals surface area contributed by atoms with Gasteiger partial charge in [-0.25, -0.2) is 4.98 Å².